The lowest BCUT2D eigenvalue weighted by Gasteiger charge is -2.00. The summed E-state index contributed by atoms with van der Waals surface area (Å²) in [4.78, 5) is 0. The van der Waals surface area contributed by atoms with Gasteiger partial charge in [-0.05, 0) is 19.4 Å². The van der Waals surface area contributed by atoms with Crippen LogP contribution in [0.5, 0.6) is 0 Å². The lowest BCUT2D eigenvalue weighted by Crippen LogP contribution is -2.14. The van der Waals surface area contributed by atoms with Gasteiger partial charge in [-0.3, -0.25) is 4.68 Å². The van der Waals surface area contributed by atoms with Crippen molar-refractivity contribution in [3.05, 3.63) is 11.9 Å². The number of sulfone groups is 1. The van der Waals surface area contributed by atoms with Crippen LogP contribution in [0, 0.1) is 0 Å². The van der Waals surface area contributed by atoms with Gasteiger partial charge in [0.1, 0.15) is 0 Å². The minimum absolute atomic E-state index is 0.114. The van der Waals surface area contributed by atoms with Crippen LogP contribution in [0.1, 0.15) is 19.0 Å². The van der Waals surface area contributed by atoms with E-state index in [2.05, 4.69) is 10.3 Å². The molecule has 0 saturated carbocycles. The summed E-state index contributed by atoms with van der Waals surface area (Å²) in [6.07, 6.45) is 3.43. The molecule has 1 aromatic heterocycles. The topological polar surface area (TPSA) is 90.9 Å². The maximum absolute atomic E-state index is 11.3. The summed E-state index contributed by atoms with van der Waals surface area (Å²) in [5, 5.41) is 7.81. The van der Waals surface area contributed by atoms with Crippen molar-refractivity contribution in [3.63, 3.8) is 0 Å². The van der Waals surface area contributed by atoms with Gasteiger partial charge in [-0.1, -0.05) is 12.1 Å². The smallest absolute Gasteiger partial charge is 0.151 e. The van der Waals surface area contributed by atoms with Crippen LogP contribution in [-0.4, -0.2) is 41.5 Å². The van der Waals surface area contributed by atoms with Gasteiger partial charge in [-0.15, -0.1) is 5.10 Å². The number of hydrogen-bond acceptors (Lipinski definition) is 5. The molecule has 2 N–H and O–H groups in total. The summed E-state index contributed by atoms with van der Waals surface area (Å²) in [6.45, 7) is 2.63. The van der Waals surface area contributed by atoms with Crippen molar-refractivity contribution < 1.29 is 8.42 Å². The third-order valence-electron chi connectivity index (χ3n) is 2.29. The van der Waals surface area contributed by atoms with E-state index in [1.807, 2.05) is 0 Å². The molecular weight excluding hydrogens is 228 g/mol. The van der Waals surface area contributed by atoms with E-state index in [9.17, 15) is 8.42 Å². The molecule has 0 bridgehead atoms. The summed E-state index contributed by atoms with van der Waals surface area (Å²) in [5.41, 5.74) is 6.24. The van der Waals surface area contributed by atoms with Gasteiger partial charge in [-0.2, -0.15) is 0 Å². The van der Waals surface area contributed by atoms with Crippen LogP contribution in [0.2, 0.25) is 0 Å². The molecule has 0 amide bonds. The Morgan fingerprint density at radius 2 is 2.25 bits per heavy atom. The fourth-order valence-electron chi connectivity index (χ4n) is 1.22. The van der Waals surface area contributed by atoms with E-state index in [0.717, 1.165) is 18.5 Å². The highest BCUT2D eigenvalue weighted by Gasteiger charge is 2.08. The van der Waals surface area contributed by atoms with Crippen LogP contribution in [0.25, 0.3) is 0 Å². The molecule has 1 rings (SSSR count). The SMILES string of the molecule is CCS(=O)(=O)CCn1cc(CCCN)nn1. The Bertz CT molecular complexity index is 413. The molecule has 0 aliphatic heterocycles. The van der Waals surface area contributed by atoms with E-state index in [-0.39, 0.29) is 11.5 Å². The fraction of sp³-hybridized carbons (Fsp3) is 0.778. The predicted octanol–water partition coefficient (Wildman–Crippen LogP) is -0.396. The zero-order valence-corrected chi connectivity index (χ0v) is 10.3. The van der Waals surface area contributed by atoms with Crippen molar-refractivity contribution in [2.45, 2.75) is 26.3 Å². The summed E-state index contributed by atoms with van der Waals surface area (Å²) >= 11 is 0. The molecule has 0 atom stereocenters. The van der Waals surface area contributed by atoms with E-state index >= 15 is 0 Å². The lowest BCUT2D eigenvalue weighted by molar-refractivity contribution is 0.576. The number of nitrogens with two attached hydrogens (primary N) is 1. The number of hydrogen-bond donors (Lipinski definition) is 1. The molecule has 0 aromatic carbocycles. The zero-order chi connectivity index (χ0) is 12.0. The van der Waals surface area contributed by atoms with Gasteiger partial charge in [0.2, 0.25) is 0 Å². The van der Waals surface area contributed by atoms with Crippen molar-refractivity contribution in [2.75, 3.05) is 18.1 Å². The van der Waals surface area contributed by atoms with E-state index in [1.54, 1.807) is 17.8 Å². The second-order valence-corrected chi connectivity index (χ2v) is 6.07. The van der Waals surface area contributed by atoms with Crippen LogP contribution in [0.15, 0.2) is 6.20 Å². The summed E-state index contributed by atoms with van der Waals surface area (Å²) in [7, 11) is -2.93. The Morgan fingerprint density at radius 1 is 1.50 bits per heavy atom. The normalized spacial score (nSPS) is 11.9. The third-order valence-corrected chi connectivity index (χ3v) is 3.98. The molecule has 0 radical (unpaired) electrons. The van der Waals surface area contributed by atoms with Gasteiger partial charge in [0.05, 0.1) is 18.0 Å². The minimum atomic E-state index is -2.93. The first-order chi connectivity index (χ1) is 7.57. The summed E-state index contributed by atoms with van der Waals surface area (Å²) in [5.74, 6) is 0.283. The van der Waals surface area contributed by atoms with Crippen molar-refractivity contribution in [1.29, 1.82) is 0 Å². The Morgan fingerprint density at radius 3 is 2.88 bits per heavy atom. The first kappa shape index (κ1) is 13.1. The van der Waals surface area contributed by atoms with Crippen LogP contribution in [-0.2, 0) is 22.8 Å². The highest BCUT2D eigenvalue weighted by atomic mass is 32.2. The van der Waals surface area contributed by atoms with Gasteiger partial charge in [0.15, 0.2) is 9.84 Å². The highest BCUT2D eigenvalue weighted by molar-refractivity contribution is 7.91. The molecular formula is C9H18N4O2S. The largest absolute Gasteiger partial charge is 0.330 e. The molecule has 0 unspecified atom stereocenters. The second-order valence-electron chi connectivity index (χ2n) is 3.60. The Balaban J connectivity index is 2.46. The molecule has 0 aliphatic carbocycles. The van der Waals surface area contributed by atoms with E-state index < -0.39 is 9.84 Å². The zero-order valence-electron chi connectivity index (χ0n) is 9.46. The number of nitrogens with zero attached hydrogens (tertiary/aromatic N) is 3. The Kier molecular flexibility index (Phi) is 4.88. The van der Waals surface area contributed by atoms with Gasteiger partial charge in [-0.25, -0.2) is 8.42 Å². The second kappa shape index (κ2) is 5.95. The Hall–Kier alpha value is -0.950. The quantitative estimate of drug-likeness (QED) is 0.707. The van der Waals surface area contributed by atoms with Gasteiger partial charge in [0, 0.05) is 11.9 Å². The van der Waals surface area contributed by atoms with Gasteiger partial charge >= 0.3 is 0 Å². The van der Waals surface area contributed by atoms with E-state index in [0.29, 0.717) is 13.1 Å². The maximum atomic E-state index is 11.3. The van der Waals surface area contributed by atoms with Crippen molar-refractivity contribution >= 4 is 9.84 Å². The number of aryl methyl sites for hydroxylation is 2. The van der Waals surface area contributed by atoms with Crippen LogP contribution >= 0.6 is 0 Å². The van der Waals surface area contributed by atoms with Crippen LogP contribution in [0.3, 0.4) is 0 Å². The molecule has 0 saturated heterocycles. The van der Waals surface area contributed by atoms with E-state index in [4.69, 9.17) is 5.73 Å². The molecule has 6 nitrogen and oxygen atoms in total. The first-order valence-corrected chi connectivity index (χ1v) is 7.19. The van der Waals surface area contributed by atoms with Gasteiger partial charge in [0.25, 0.3) is 0 Å². The monoisotopic (exact) mass is 246 g/mol. The molecule has 0 aliphatic rings. The third kappa shape index (κ3) is 4.28. The van der Waals surface area contributed by atoms with Gasteiger partial charge < -0.3 is 5.73 Å². The average Bonchev–Trinajstić information content (AvgIpc) is 2.72. The minimum Gasteiger partial charge on any atom is -0.330 e. The number of aromatic nitrogens is 3. The average molecular weight is 246 g/mol. The van der Waals surface area contributed by atoms with Crippen LogP contribution in [0.4, 0.5) is 0 Å². The lowest BCUT2D eigenvalue weighted by atomic mass is 10.2. The van der Waals surface area contributed by atoms with E-state index in [1.165, 1.54) is 0 Å². The Labute approximate surface area is 95.7 Å². The molecule has 1 heterocycles. The van der Waals surface area contributed by atoms with Crippen molar-refractivity contribution in [1.82, 2.24) is 15.0 Å². The standard InChI is InChI=1S/C9H18N4O2S/c1-2-16(14,15)7-6-13-8-9(11-12-13)4-3-5-10/h8H,2-7,10H2,1H3. The fourth-order valence-corrected chi connectivity index (χ4v) is 1.98. The highest BCUT2D eigenvalue weighted by Crippen LogP contribution is 1.98. The molecule has 16 heavy (non-hydrogen) atoms. The van der Waals surface area contributed by atoms with Crippen LogP contribution < -0.4 is 5.73 Å². The summed E-state index contributed by atoms with van der Waals surface area (Å²) in [6, 6.07) is 0. The molecule has 0 spiro atoms. The molecule has 1 aromatic rings. The number of rotatable bonds is 7. The first-order valence-electron chi connectivity index (χ1n) is 5.37. The predicted molar refractivity (Wildman–Crippen MR) is 61.7 cm³/mol. The maximum Gasteiger partial charge on any atom is 0.151 e. The van der Waals surface area contributed by atoms with Crippen molar-refractivity contribution in [2.24, 2.45) is 5.73 Å². The summed E-state index contributed by atoms with van der Waals surface area (Å²) < 4.78 is 24.1. The van der Waals surface area contributed by atoms with Crippen molar-refractivity contribution in [3.8, 4) is 0 Å². The molecule has 92 valence electrons. The molecule has 0 fully saturated rings. The molecule has 7 heteroatoms.